The molecule has 109 valence electrons. The zero-order valence-corrected chi connectivity index (χ0v) is 10.7. The number of halogens is 4. The number of rotatable bonds is 3. The van der Waals surface area contributed by atoms with E-state index in [-0.39, 0.29) is 12.1 Å². The molecular formula is C15H10F4NO. The Bertz CT molecular complexity index is 638. The van der Waals surface area contributed by atoms with Crippen LogP contribution in [0.3, 0.4) is 0 Å². The van der Waals surface area contributed by atoms with E-state index in [0.29, 0.717) is 12.1 Å². The minimum absolute atomic E-state index is 0.159. The number of benzene rings is 2. The van der Waals surface area contributed by atoms with E-state index < -0.39 is 23.5 Å². The lowest BCUT2D eigenvalue weighted by atomic mass is 10.1. The average molecular weight is 296 g/mol. The van der Waals surface area contributed by atoms with E-state index in [1.54, 1.807) is 24.3 Å². The minimum Gasteiger partial charge on any atom is -0.348 e. The predicted octanol–water partition coefficient (Wildman–Crippen LogP) is 3.57. The number of nitrogens with one attached hydrogen (secondary N) is 1. The molecule has 0 saturated carbocycles. The van der Waals surface area contributed by atoms with Crippen molar-refractivity contribution in [3.8, 4) is 0 Å². The molecule has 2 aromatic rings. The van der Waals surface area contributed by atoms with E-state index in [9.17, 15) is 22.4 Å². The van der Waals surface area contributed by atoms with Crippen molar-refractivity contribution < 1.29 is 22.4 Å². The van der Waals surface area contributed by atoms with Crippen LogP contribution in [0.15, 0.2) is 42.5 Å². The van der Waals surface area contributed by atoms with Gasteiger partial charge in [-0.05, 0) is 29.8 Å². The summed E-state index contributed by atoms with van der Waals surface area (Å²) in [6.45, 7) is 0.159. The van der Waals surface area contributed by atoms with Gasteiger partial charge in [0.1, 0.15) is 5.82 Å². The summed E-state index contributed by atoms with van der Waals surface area (Å²) in [4.78, 5) is 11.8. The highest BCUT2D eigenvalue weighted by molar-refractivity contribution is 5.94. The van der Waals surface area contributed by atoms with E-state index in [2.05, 4.69) is 11.4 Å². The molecule has 0 aliphatic carbocycles. The van der Waals surface area contributed by atoms with Gasteiger partial charge in [-0.25, -0.2) is 4.39 Å². The Morgan fingerprint density at radius 2 is 1.81 bits per heavy atom. The Hall–Kier alpha value is -2.37. The number of carbonyl (C=O) groups excluding carboxylic acids is 1. The van der Waals surface area contributed by atoms with Crippen molar-refractivity contribution in [2.75, 3.05) is 0 Å². The van der Waals surface area contributed by atoms with Crippen LogP contribution in [0, 0.1) is 11.9 Å². The molecule has 2 rings (SSSR count). The molecule has 1 amide bonds. The highest BCUT2D eigenvalue weighted by Gasteiger charge is 2.34. The molecule has 1 radical (unpaired) electrons. The summed E-state index contributed by atoms with van der Waals surface area (Å²) in [5.41, 5.74) is -0.920. The van der Waals surface area contributed by atoms with Crippen LogP contribution in [-0.2, 0) is 12.7 Å². The van der Waals surface area contributed by atoms with Crippen molar-refractivity contribution in [1.29, 1.82) is 0 Å². The Morgan fingerprint density at radius 3 is 2.43 bits per heavy atom. The van der Waals surface area contributed by atoms with Crippen LogP contribution in [0.2, 0.25) is 0 Å². The second-order valence-corrected chi connectivity index (χ2v) is 4.28. The summed E-state index contributed by atoms with van der Waals surface area (Å²) < 4.78 is 50.8. The van der Waals surface area contributed by atoms with Gasteiger partial charge in [-0.15, -0.1) is 0 Å². The smallest absolute Gasteiger partial charge is 0.348 e. The Kier molecular flexibility index (Phi) is 4.26. The molecule has 0 saturated heterocycles. The highest BCUT2D eigenvalue weighted by atomic mass is 19.4. The fourth-order valence-corrected chi connectivity index (χ4v) is 1.71. The van der Waals surface area contributed by atoms with Gasteiger partial charge in [0.2, 0.25) is 0 Å². The van der Waals surface area contributed by atoms with Crippen LogP contribution in [-0.4, -0.2) is 5.91 Å². The number of carbonyl (C=O) groups is 1. The normalized spacial score (nSPS) is 11.2. The van der Waals surface area contributed by atoms with Crippen molar-refractivity contribution in [1.82, 2.24) is 5.32 Å². The molecule has 0 aromatic heterocycles. The van der Waals surface area contributed by atoms with E-state index in [0.717, 1.165) is 11.6 Å². The van der Waals surface area contributed by atoms with Crippen LogP contribution in [0.5, 0.6) is 0 Å². The quantitative estimate of drug-likeness (QED) is 0.862. The largest absolute Gasteiger partial charge is 0.419 e. The van der Waals surface area contributed by atoms with Gasteiger partial charge in [-0.3, -0.25) is 4.79 Å². The molecule has 2 nitrogen and oxygen atoms in total. The van der Waals surface area contributed by atoms with Gasteiger partial charge in [0.15, 0.2) is 0 Å². The predicted molar refractivity (Wildman–Crippen MR) is 67.9 cm³/mol. The molecule has 2 aromatic carbocycles. The van der Waals surface area contributed by atoms with Crippen molar-refractivity contribution in [2.45, 2.75) is 12.7 Å². The second kappa shape index (κ2) is 5.95. The summed E-state index contributed by atoms with van der Waals surface area (Å²) in [5.74, 6) is -2.11. The van der Waals surface area contributed by atoms with Crippen molar-refractivity contribution in [2.24, 2.45) is 0 Å². The topological polar surface area (TPSA) is 29.1 Å². The standard InChI is InChI=1S/C15H10F4NO/c16-13-7-6-11(8-12(13)15(17,18)19)14(21)20-9-10-4-2-1-3-5-10/h2-8H,9H2,(H,20,21). The lowest BCUT2D eigenvalue weighted by molar-refractivity contribution is -0.140. The van der Waals surface area contributed by atoms with Crippen LogP contribution in [0.4, 0.5) is 17.6 Å². The summed E-state index contributed by atoms with van der Waals surface area (Å²) in [6.07, 6.45) is -4.84. The summed E-state index contributed by atoms with van der Waals surface area (Å²) >= 11 is 0. The fourth-order valence-electron chi connectivity index (χ4n) is 1.71. The van der Waals surface area contributed by atoms with E-state index in [1.165, 1.54) is 0 Å². The molecular weight excluding hydrogens is 286 g/mol. The maximum atomic E-state index is 13.1. The maximum absolute atomic E-state index is 13.1. The molecule has 0 unspecified atom stereocenters. The van der Waals surface area contributed by atoms with Crippen molar-refractivity contribution >= 4 is 5.91 Å². The molecule has 1 N–H and O–H groups in total. The first-order valence-corrected chi connectivity index (χ1v) is 5.98. The summed E-state index contributed by atoms with van der Waals surface area (Å²) in [6, 6.07) is 11.7. The number of hydrogen-bond donors (Lipinski definition) is 1. The second-order valence-electron chi connectivity index (χ2n) is 4.28. The third-order valence-corrected chi connectivity index (χ3v) is 2.77. The molecule has 0 bridgehead atoms. The third-order valence-electron chi connectivity index (χ3n) is 2.77. The Balaban J connectivity index is 2.13. The molecule has 6 heteroatoms. The molecule has 0 aliphatic rings. The fraction of sp³-hybridized carbons (Fsp3) is 0.133. The molecule has 0 atom stereocenters. The third kappa shape index (κ3) is 3.81. The van der Waals surface area contributed by atoms with Crippen molar-refractivity contribution in [3.05, 3.63) is 71.0 Å². The van der Waals surface area contributed by atoms with E-state index in [1.807, 2.05) is 0 Å². The van der Waals surface area contributed by atoms with Crippen LogP contribution < -0.4 is 5.32 Å². The monoisotopic (exact) mass is 296 g/mol. The van der Waals surface area contributed by atoms with Gasteiger partial charge in [-0.2, -0.15) is 13.2 Å². The van der Waals surface area contributed by atoms with Crippen LogP contribution in [0.1, 0.15) is 21.5 Å². The lowest BCUT2D eigenvalue weighted by Crippen LogP contribution is -2.23. The van der Waals surface area contributed by atoms with Crippen LogP contribution >= 0.6 is 0 Å². The van der Waals surface area contributed by atoms with Gasteiger partial charge >= 0.3 is 6.18 Å². The van der Waals surface area contributed by atoms with Gasteiger partial charge in [0.05, 0.1) is 5.56 Å². The highest BCUT2D eigenvalue weighted by Crippen LogP contribution is 2.31. The summed E-state index contributed by atoms with van der Waals surface area (Å²) in [7, 11) is 0. The average Bonchev–Trinajstić information content (AvgIpc) is 2.45. The maximum Gasteiger partial charge on any atom is 0.419 e. The Labute approximate surface area is 118 Å². The molecule has 0 aliphatic heterocycles. The van der Waals surface area contributed by atoms with Gasteiger partial charge < -0.3 is 5.32 Å². The number of amides is 1. The van der Waals surface area contributed by atoms with Gasteiger partial charge in [-0.1, -0.05) is 24.3 Å². The molecule has 0 spiro atoms. The van der Waals surface area contributed by atoms with E-state index in [4.69, 9.17) is 0 Å². The first-order chi connectivity index (χ1) is 9.88. The zero-order chi connectivity index (χ0) is 15.5. The molecule has 21 heavy (non-hydrogen) atoms. The Morgan fingerprint density at radius 1 is 1.14 bits per heavy atom. The van der Waals surface area contributed by atoms with Gasteiger partial charge in [0, 0.05) is 12.1 Å². The minimum atomic E-state index is -4.84. The number of hydrogen-bond acceptors (Lipinski definition) is 1. The van der Waals surface area contributed by atoms with Crippen LogP contribution in [0.25, 0.3) is 0 Å². The number of alkyl halides is 3. The zero-order valence-electron chi connectivity index (χ0n) is 10.7. The van der Waals surface area contributed by atoms with E-state index >= 15 is 0 Å². The van der Waals surface area contributed by atoms with Gasteiger partial charge in [0.25, 0.3) is 5.91 Å². The first kappa shape index (κ1) is 15.0. The lowest BCUT2D eigenvalue weighted by Gasteiger charge is -2.10. The summed E-state index contributed by atoms with van der Waals surface area (Å²) in [5, 5.41) is 2.47. The molecule has 0 heterocycles. The molecule has 0 fully saturated rings. The SMILES string of the molecule is O=C(NCc1cc[c]cc1)c1ccc(F)c(C(F)(F)F)c1. The van der Waals surface area contributed by atoms with Crippen molar-refractivity contribution in [3.63, 3.8) is 0 Å². The first-order valence-electron chi connectivity index (χ1n) is 5.98.